The van der Waals surface area contributed by atoms with Gasteiger partial charge in [-0.15, -0.1) is 0 Å². The first-order valence-corrected chi connectivity index (χ1v) is 12.6. The molecule has 8 nitrogen and oxygen atoms in total. The fraction of sp³-hybridized carbons (Fsp3) is 0.704. The van der Waals surface area contributed by atoms with Gasteiger partial charge >= 0.3 is 5.97 Å². The first-order valence-electron chi connectivity index (χ1n) is 12.6. The van der Waals surface area contributed by atoms with Crippen molar-refractivity contribution in [3.8, 4) is 0 Å². The molecule has 2 N–H and O–H groups in total. The van der Waals surface area contributed by atoms with E-state index in [1.165, 1.54) is 19.3 Å². The van der Waals surface area contributed by atoms with Gasteiger partial charge in [0.1, 0.15) is 0 Å². The lowest BCUT2D eigenvalue weighted by atomic mass is 9.88. The smallest absolute Gasteiger partial charge is 0.308 e. The lowest BCUT2D eigenvalue weighted by molar-refractivity contribution is -0.147. The zero-order valence-corrected chi connectivity index (χ0v) is 21.6. The van der Waals surface area contributed by atoms with Crippen LogP contribution in [0.3, 0.4) is 0 Å². The molecule has 1 spiro atoms. The predicted molar refractivity (Wildman–Crippen MR) is 132 cm³/mol. The summed E-state index contributed by atoms with van der Waals surface area (Å²) >= 11 is 0. The van der Waals surface area contributed by atoms with Crippen molar-refractivity contribution < 1.29 is 33.6 Å². The van der Waals surface area contributed by atoms with E-state index in [1.54, 1.807) is 6.92 Å². The molecule has 0 unspecified atom stereocenters. The molecule has 3 aliphatic rings. The summed E-state index contributed by atoms with van der Waals surface area (Å²) in [5, 5.41) is 12.3. The average molecular weight is 492 g/mol. The maximum atomic E-state index is 12.1. The number of allylic oxidation sites excluding steroid dienone is 2. The molecule has 3 fully saturated rings. The largest absolute Gasteiger partial charge is 0.469 e. The van der Waals surface area contributed by atoms with Crippen LogP contribution in [0.15, 0.2) is 36.0 Å². The minimum atomic E-state index is -0.651. The predicted octanol–water partition coefficient (Wildman–Crippen LogP) is 2.99. The summed E-state index contributed by atoms with van der Waals surface area (Å²) in [6, 6.07) is -0.0595. The van der Waals surface area contributed by atoms with E-state index in [1.807, 2.05) is 6.92 Å². The Morgan fingerprint density at radius 1 is 1.23 bits per heavy atom. The van der Waals surface area contributed by atoms with Gasteiger partial charge in [-0.3, -0.25) is 9.59 Å². The van der Waals surface area contributed by atoms with Gasteiger partial charge in [0.25, 0.3) is 0 Å². The molecule has 35 heavy (non-hydrogen) atoms. The number of ether oxygens (including phenoxy) is 4. The molecule has 0 bridgehead atoms. The SMILES string of the molecule is COC(=O)C[C@@H]1C[C@@]2(CO2)C[C@@H](C=CC(C)=CC[C@@H]2O[C@H](C)[C@H](NC(=O)C=C[C@H](C)O)C[C@@H]2C)O1. The number of carbonyl (C=O) groups is 2. The van der Waals surface area contributed by atoms with E-state index < -0.39 is 6.10 Å². The van der Waals surface area contributed by atoms with Crippen molar-refractivity contribution in [1.82, 2.24) is 5.32 Å². The van der Waals surface area contributed by atoms with Gasteiger partial charge < -0.3 is 29.4 Å². The molecule has 3 heterocycles. The second-order valence-electron chi connectivity index (χ2n) is 10.3. The highest BCUT2D eigenvalue weighted by atomic mass is 16.6. The van der Waals surface area contributed by atoms with Gasteiger partial charge in [0.2, 0.25) is 5.91 Å². The summed E-state index contributed by atoms with van der Waals surface area (Å²) in [6.45, 7) is 8.52. The fourth-order valence-corrected chi connectivity index (χ4v) is 4.85. The number of hydrogen-bond acceptors (Lipinski definition) is 7. The first-order chi connectivity index (χ1) is 16.6. The zero-order chi connectivity index (χ0) is 25.6. The van der Waals surface area contributed by atoms with Gasteiger partial charge in [-0.05, 0) is 39.5 Å². The van der Waals surface area contributed by atoms with Gasteiger partial charge in [0.15, 0.2) is 0 Å². The zero-order valence-electron chi connectivity index (χ0n) is 21.6. The Kier molecular flexibility index (Phi) is 9.69. The van der Waals surface area contributed by atoms with Gasteiger partial charge in [-0.25, -0.2) is 0 Å². The molecule has 3 saturated heterocycles. The number of amides is 1. The monoisotopic (exact) mass is 491 g/mol. The number of rotatable bonds is 9. The van der Waals surface area contributed by atoms with Crippen molar-refractivity contribution in [2.24, 2.45) is 5.92 Å². The molecule has 196 valence electrons. The van der Waals surface area contributed by atoms with Crippen LogP contribution in [-0.2, 0) is 28.5 Å². The minimum Gasteiger partial charge on any atom is -0.469 e. The van der Waals surface area contributed by atoms with Crippen molar-refractivity contribution in [3.63, 3.8) is 0 Å². The highest BCUT2D eigenvalue weighted by Gasteiger charge is 2.51. The van der Waals surface area contributed by atoms with E-state index in [9.17, 15) is 14.7 Å². The Balaban J connectivity index is 1.49. The van der Waals surface area contributed by atoms with Gasteiger partial charge in [0, 0.05) is 18.9 Å². The van der Waals surface area contributed by atoms with Crippen LogP contribution in [0.4, 0.5) is 0 Å². The normalized spacial score (nSPS) is 36.5. The van der Waals surface area contributed by atoms with E-state index in [0.717, 1.165) is 37.9 Å². The van der Waals surface area contributed by atoms with Crippen molar-refractivity contribution in [1.29, 1.82) is 0 Å². The third-order valence-electron chi connectivity index (χ3n) is 7.03. The van der Waals surface area contributed by atoms with E-state index in [0.29, 0.717) is 0 Å². The van der Waals surface area contributed by atoms with Crippen LogP contribution in [0.2, 0.25) is 0 Å². The lowest BCUT2D eigenvalue weighted by Gasteiger charge is -2.39. The summed E-state index contributed by atoms with van der Waals surface area (Å²) in [5.41, 5.74) is 0.972. The molecule has 8 atom stereocenters. The second kappa shape index (κ2) is 12.3. The van der Waals surface area contributed by atoms with Crippen molar-refractivity contribution in [3.05, 3.63) is 36.0 Å². The topological polar surface area (TPSA) is 107 Å². The number of carbonyl (C=O) groups excluding carboxylic acids is 2. The van der Waals surface area contributed by atoms with Crippen molar-refractivity contribution in [2.75, 3.05) is 13.7 Å². The summed E-state index contributed by atoms with van der Waals surface area (Å²) in [6.07, 6.45) is 11.6. The van der Waals surface area contributed by atoms with Crippen LogP contribution in [0.5, 0.6) is 0 Å². The molecule has 1 amide bonds. The Labute approximate surface area is 208 Å². The van der Waals surface area contributed by atoms with Gasteiger partial charge in [-0.2, -0.15) is 0 Å². The second-order valence-corrected chi connectivity index (χ2v) is 10.3. The fourth-order valence-electron chi connectivity index (χ4n) is 4.85. The van der Waals surface area contributed by atoms with Gasteiger partial charge in [0.05, 0.1) is 62.3 Å². The molecule has 0 aromatic heterocycles. The van der Waals surface area contributed by atoms with Crippen LogP contribution >= 0.6 is 0 Å². The Bertz CT molecular complexity index is 829. The average Bonchev–Trinajstić information content (AvgIpc) is 3.54. The Morgan fingerprint density at radius 3 is 2.63 bits per heavy atom. The van der Waals surface area contributed by atoms with E-state index in [-0.39, 0.29) is 60.3 Å². The highest BCUT2D eigenvalue weighted by molar-refractivity contribution is 5.87. The molecule has 3 rings (SSSR count). The lowest BCUT2D eigenvalue weighted by Crippen LogP contribution is -2.50. The Morgan fingerprint density at radius 2 is 1.97 bits per heavy atom. The number of hydrogen-bond donors (Lipinski definition) is 2. The molecule has 0 radical (unpaired) electrons. The van der Waals surface area contributed by atoms with Crippen LogP contribution in [-0.4, -0.2) is 72.9 Å². The third kappa shape index (κ3) is 8.56. The summed E-state index contributed by atoms with van der Waals surface area (Å²) in [7, 11) is 1.39. The molecule has 0 aromatic carbocycles. The van der Waals surface area contributed by atoms with Crippen LogP contribution in [0.1, 0.15) is 59.8 Å². The quantitative estimate of drug-likeness (QED) is 0.221. The minimum absolute atomic E-state index is 0.0595. The van der Waals surface area contributed by atoms with E-state index in [4.69, 9.17) is 18.9 Å². The van der Waals surface area contributed by atoms with Crippen LogP contribution < -0.4 is 5.32 Å². The third-order valence-corrected chi connectivity index (χ3v) is 7.03. The van der Waals surface area contributed by atoms with Crippen LogP contribution in [0, 0.1) is 5.92 Å². The molecule has 8 heteroatoms. The molecule has 0 saturated carbocycles. The van der Waals surface area contributed by atoms with Crippen molar-refractivity contribution >= 4 is 11.9 Å². The maximum Gasteiger partial charge on any atom is 0.308 e. The standard InChI is InChI=1S/C27H41NO7/c1-17(6-9-21-14-27(16-33-27)15-22(35-21)13-26(31)32-5)7-10-24-18(2)12-23(20(4)34-24)28-25(30)11-8-19(3)29/h6-9,11,18-24,29H,10,12-16H2,1-5H3,(H,28,30)/t18-,19-,20+,21+,22+,23+,24-,27+/m0/s1. The number of nitrogens with one attached hydrogen (secondary N) is 1. The number of aliphatic hydroxyl groups excluding tert-OH is 1. The number of epoxide rings is 1. The van der Waals surface area contributed by atoms with E-state index >= 15 is 0 Å². The molecule has 0 aromatic rings. The molecular weight excluding hydrogens is 450 g/mol. The maximum absolute atomic E-state index is 12.1. The number of aliphatic hydroxyl groups is 1. The highest BCUT2D eigenvalue weighted by Crippen LogP contribution is 2.43. The van der Waals surface area contributed by atoms with Crippen molar-refractivity contribution in [2.45, 2.75) is 102 Å². The van der Waals surface area contributed by atoms with Crippen LogP contribution in [0.25, 0.3) is 0 Å². The first kappa shape index (κ1) is 27.6. The van der Waals surface area contributed by atoms with E-state index in [2.05, 4.69) is 37.4 Å². The Hall–Kier alpha value is -2.00. The number of esters is 1. The summed E-state index contributed by atoms with van der Waals surface area (Å²) in [5.74, 6) is -0.187. The van der Waals surface area contributed by atoms with Gasteiger partial charge in [-0.1, -0.05) is 36.8 Å². The molecule has 0 aliphatic carbocycles. The molecular formula is C27H41NO7. The molecule has 3 aliphatic heterocycles. The number of methoxy groups -OCH3 is 1. The summed E-state index contributed by atoms with van der Waals surface area (Å²) < 4.78 is 22.8. The summed E-state index contributed by atoms with van der Waals surface area (Å²) in [4.78, 5) is 23.8.